The lowest BCUT2D eigenvalue weighted by Gasteiger charge is -2.09. The highest BCUT2D eigenvalue weighted by Crippen LogP contribution is 2.30. The fourth-order valence-corrected chi connectivity index (χ4v) is 2.08. The van der Waals surface area contributed by atoms with Gasteiger partial charge >= 0.3 is 0 Å². The number of benzene rings is 2. The Bertz CT molecular complexity index is 656. The Morgan fingerprint density at radius 2 is 2.00 bits per heavy atom. The second kappa shape index (κ2) is 6.13. The van der Waals surface area contributed by atoms with Crippen LogP contribution >= 0.6 is 15.9 Å². The molecule has 0 bridgehead atoms. The first-order valence-corrected chi connectivity index (χ1v) is 6.76. The van der Waals surface area contributed by atoms with Crippen molar-refractivity contribution < 1.29 is 18.3 Å². The molecule has 2 rings (SSSR count). The van der Waals surface area contributed by atoms with Crippen LogP contribution in [-0.4, -0.2) is 5.78 Å². The number of carbonyl (C=O) groups is 1. The van der Waals surface area contributed by atoms with E-state index in [4.69, 9.17) is 4.74 Å². The number of carbonyl (C=O) groups excluding carboxylic acids is 1. The van der Waals surface area contributed by atoms with Gasteiger partial charge in [-0.2, -0.15) is 4.39 Å². The first kappa shape index (κ1) is 14.7. The Balaban J connectivity index is 2.33. The second-order valence-corrected chi connectivity index (χ2v) is 5.02. The molecule has 0 N–H and O–H groups in total. The minimum Gasteiger partial charge on any atom is -0.454 e. The molecule has 0 aromatic heterocycles. The summed E-state index contributed by atoms with van der Waals surface area (Å²) in [4.78, 5) is 11.6. The molecule has 0 unspecified atom stereocenters. The summed E-state index contributed by atoms with van der Waals surface area (Å²) in [5, 5.41) is 0. The number of hydrogen-bond acceptors (Lipinski definition) is 2. The lowest BCUT2D eigenvalue weighted by atomic mass is 10.1. The molecule has 2 aromatic carbocycles. The molecule has 0 aliphatic rings. The van der Waals surface area contributed by atoms with Crippen LogP contribution in [0.4, 0.5) is 8.78 Å². The van der Waals surface area contributed by atoms with Crippen molar-refractivity contribution in [2.45, 2.75) is 13.3 Å². The molecule has 0 aliphatic carbocycles. The first-order valence-electron chi connectivity index (χ1n) is 5.97. The number of hydrogen-bond donors (Lipinski definition) is 0. The predicted molar refractivity (Wildman–Crippen MR) is 75.2 cm³/mol. The van der Waals surface area contributed by atoms with Gasteiger partial charge in [-0.25, -0.2) is 4.39 Å². The maximum Gasteiger partial charge on any atom is 0.201 e. The van der Waals surface area contributed by atoms with Gasteiger partial charge in [-0.15, -0.1) is 0 Å². The summed E-state index contributed by atoms with van der Waals surface area (Å²) in [6.07, 6.45) is 0.364. The third-order valence-corrected chi connectivity index (χ3v) is 3.12. The lowest BCUT2D eigenvalue weighted by molar-refractivity contribution is 0.0988. The number of rotatable bonds is 4. The molecule has 0 spiro atoms. The van der Waals surface area contributed by atoms with Crippen LogP contribution in [0.2, 0.25) is 0 Å². The van der Waals surface area contributed by atoms with Gasteiger partial charge in [-0.3, -0.25) is 4.79 Å². The van der Waals surface area contributed by atoms with E-state index in [1.807, 2.05) is 0 Å². The summed E-state index contributed by atoms with van der Waals surface area (Å²) in [6.45, 7) is 1.75. The summed E-state index contributed by atoms with van der Waals surface area (Å²) in [5.74, 6) is -2.08. The van der Waals surface area contributed by atoms with E-state index in [-0.39, 0.29) is 17.3 Å². The van der Waals surface area contributed by atoms with E-state index >= 15 is 0 Å². The molecule has 2 nitrogen and oxygen atoms in total. The van der Waals surface area contributed by atoms with Crippen LogP contribution in [0.1, 0.15) is 23.7 Å². The molecule has 20 heavy (non-hydrogen) atoms. The summed E-state index contributed by atoms with van der Waals surface area (Å²) in [5.41, 5.74) is 0.473. The third kappa shape index (κ3) is 3.22. The standard InChI is InChI=1S/C15H11BrF2O2/c1-2-13(19)9-4-3-5-11(6-9)20-14-8-10(16)7-12(17)15(14)18/h3-8H,2H2,1H3. The number of Topliss-reactive ketones (excluding diaryl/α,β-unsaturated/α-hetero) is 1. The van der Waals surface area contributed by atoms with Crippen molar-refractivity contribution in [3.8, 4) is 11.5 Å². The Hall–Kier alpha value is -1.75. The average molecular weight is 341 g/mol. The van der Waals surface area contributed by atoms with Crippen molar-refractivity contribution in [1.82, 2.24) is 0 Å². The van der Waals surface area contributed by atoms with Crippen LogP contribution < -0.4 is 4.74 Å². The average Bonchev–Trinajstić information content (AvgIpc) is 2.43. The third-order valence-electron chi connectivity index (χ3n) is 2.66. The monoisotopic (exact) mass is 340 g/mol. The van der Waals surface area contributed by atoms with Gasteiger partial charge < -0.3 is 4.74 Å². The molecule has 104 valence electrons. The molecule has 0 aliphatic heterocycles. The molecule has 0 saturated heterocycles. The minimum atomic E-state index is -1.07. The smallest absolute Gasteiger partial charge is 0.201 e. The van der Waals surface area contributed by atoms with Crippen LogP contribution in [0.15, 0.2) is 40.9 Å². The molecule has 0 fully saturated rings. The molecule has 0 saturated carbocycles. The molecule has 0 radical (unpaired) electrons. The van der Waals surface area contributed by atoms with Crippen LogP contribution in [0.5, 0.6) is 11.5 Å². The summed E-state index contributed by atoms with van der Waals surface area (Å²) in [7, 11) is 0. The fourth-order valence-electron chi connectivity index (χ4n) is 1.67. The van der Waals surface area contributed by atoms with Gasteiger partial charge in [0.15, 0.2) is 17.3 Å². The maximum absolute atomic E-state index is 13.6. The van der Waals surface area contributed by atoms with E-state index < -0.39 is 11.6 Å². The quantitative estimate of drug-likeness (QED) is 0.570. The van der Waals surface area contributed by atoms with E-state index in [1.165, 1.54) is 12.1 Å². The molecule has 0 heterocycles. The fraction of sp³-hybridized carbons (Fsp3) is 0.133. The lowest BCUT2D eigenvalue weighted by Crippen LogP contribution is -1.97. The molecular weight excluding hydrogens is 330 g/mol. The second-order valence-electron chi connectivity index (χ2n) is 4.11. The first-order chi connectivity index (χ1) is 9.51. The highest BCUT2D eigenvalue weighted by atomic mass is 79.9. The molecule has 0 atom stereocenters. The van der Waals surface area contributed by atoms with Crippen LogP contribution in [-0.2, 0) is 0 Å². The maximum atomic E-state index is 13.6. The van der Waals surface area contributed by atoms with Crippen molar-refractivity contribution >= 4 is 21.7 Å². The van der Waals surface area contributed by atoms with Crippen LogP contribution in [0.25, 0.3) is 0 Å². The van der Waals surface area contributed by atoms with E-state index in [1.54, 1.807) is 25.1 Å². The van der Waals surface area contributed by atoms with Crippen molar-refractivity contribution in [2.75, 3.05) is 0 Å². The number of ether oxygens (including phenoxy) is 1. The van der Waals surface area contributed by atoms with E-state index in [9.17, 15) is 13.6 Å². The van der Waals surface area contributed by atoms with Gasteiger partial charge in [0.25, 0.3) is 0 Å². The van der Waals surface area contributed by atoms with E-state index in [2.05, 4.69) is 15.9 Å². The Morgan fingerprint density at radius 3 is 2.70 bits per heavy atom. The summed E-state index contributed by atoms with van der Waals surface area (Å²) in [6, 6.07) is 8.70. The molecule has 5 heteroatoms. The van der Waals surface area contributed by atoms with Crippen molar-refractivity contribution in [3.63, 3.8) is 0 Å². The Kier molecular flexibility index (Phi) is 4.49. The van der Waals surface area contributed by atoms with Gasteiger partial charge in [0, 0.05) is 16.5 Å². The van der Waals surface area contributed by atoms with Gasteiger partial charge in [0.05, 0.1) is 0 Å². The zero-order valence-corrected chi connectivity index (χ0v) is 12.2. The SMILES string of the molecule is CCC(=O)c1cccc(Oc2cc(Br)cc(F)c2F)c1. The van der Waals surface area contributed by atoms with Crippen molar-refractivity contribution in [1.29, 1.82) is 0 Å². The van der Waals surface area contributed by atoms with Gasteiger partial charge in [0.1, 0.15) is 5.75 Å². The molecule has 0 amide bonds. The van der Waals surface area contributed by atoms with Crippen molar-refractivity contribution in [2.24, 2.45) is 0 Å². The van der Waals surface area contributed by atoms with Gasteiger partial charge in [-0.05, 0) is 24.3 Å². The Morgan fingerprint density at radius 1 is 1.25 bits per heavy atom. The van der Waals surface area contributed by atoms with Crippen molar-refractivity contribution in [3.05, 3.63) is 58.1 Å². The highest BCUT2D eigenvalue weighted by Gasteiger charge is 2.13. The van der Waals surface area contributed by atoms with E-state index in [0.29, 0.717) is 16.5 Å². The number of ketones is 1. The molecule has 2 aromatic rings. The summed E-state index contributed by atoms with van der Waals surface area (Å²) < 4.78 is 32.5. The normalized spacial score (nSPS) is 10.4. The van der Waals surface area contributed by atoms with Gasteiger partial charge in [0.2, 0.25) is 5.82 Å². The molecular formula is C15H11BrF2O2. The van der Waals surface area contributed by atoms with Crippen LogP contribution in [0.3, 0.4) is 0 Å². The van der Waals surface area contributed by atoms with Gasteiger partial charge in [-0.1, -0.05) is 35.0 Å². The van der Waals surface area contributed by atoms with Crippen LogP contribution in [0, 0.1) is 11.6 Å². The predicted octanol–water partition coefficient (Wildman–Crippen LogP) is 5.11. The minimum absolute atomic E-state index is 0.0451. The highest BCUT2D eigenvalue weighted by molar-refractivity contribution is 9.10. The summed E-state index contributed by atoms with van der Waals surface area (Å²) >= 11 is 3.07. The zero-order valence-electron chi connectivity index (χ0n) is 10.6. The Labute approximate surface area is 123 Å². The topological polar surface area (TPSA) is 26.3 Å². The zero-order chi connectivity index (χ0) is 14.7. The largest absolute Gasteiger partial charge is 0.454 e. The number of halogens is 3. The van der Waals surface area contributed by atoms with E-state index in [0.717, 1.165) is 6.07 Å².